The normalized spacial score (nSPS) is 11.2. The molecule has 3 aromatic carbocycles. The van der Waals surface area contributed by atoms with Gasteiger partial charge in [-0.1, -0.05) is 48.0 Å². The molecule has 150 valence electrons. The average molecular weight is 418 g/mol. The Bertz CT molecular complexity index is 1090. The maximum atomic E-state index is 12.2. The summed E-state index contributed by atoms with van der Waals surface area (Å²) in [7, 11) is 0. The van der Waals surface area contributed by atoms with Crippen LogP contribution in [-0.2, 0) is 4.79 Å². The second-order valence-electron chi connectivity index (χ2n) is 6.74. The Morgan fingerprint density at radius 1 is 1.00 bits per heavy atom. The van der Waals surface area contributed by atoms with E-state index in [1.807, 2.05) is 30.3 Å². The molecule has 0 aliphatic rings. The number of nitrogens with zero attached hydrogens (tertiary/aromatic N) is 1. The molecule has 0 fully saturated rings. The first-order valence-corrected chi connectivity index (χ1v) is 9.74. The SMILES string of the molecule is CC(=O)c1ccc(NC(=O)CNc2ccc(C(C#N)c3ccccc3)c(Cl)c2)cc1. The first-order valence-electron chi connectivity index (χ1n) is 9.36. The van der Waals surface area contributed by atoms with Gasteiger partial charge in [0.25, 0.3) is 0 Å². The van der Waals surface area contributed by atoms with Crippen molar-refractivity contribution in [2.75, 3.05) is 17.2 Å². The van der Waals surface area contributed by atoms with Gasteiger partial charge < -0.3 is 10.6 Å². The van der Waals surface area contributed by atoms with Gasteiger partial charge in [0.2, 0.25) is 5.91 Å². The third kappa shape index (κ3) is 5.25. The van der Waals surface area contributed by atoms with Gasteiger partial charge in [-0.05, 0) is 54.4 Å². The van der Waals surface area contributed by atoms with Crippen molar-refractivity contribution in [3.63, 3.8) is 0 Å². The minimum Gasteiger partial charge on any atom is -0.376 e. The molecule has 0 aromatic heterocycles. The van der Waals surface area contributed by atoms with Gasteiger partial charge in [-0.3, -0.25) is 9.59 Å². The summed E-state index contributed by atoms with van der Waals surface area (Å²) in [6.07, 6.45) is 0. The van der Waals surface area contributed by atoms with Crippen molar-refractivity contribution in [3.8, 4) is 6.07 Å². The molecule has 0 bridgehead atoms. The molecular weight excluding hydrogens is 398 g/mol. The highest BCUT2D eigenvalue weighted by Gasteiger charge is 2.16. The number of nitrogens with one attached hydrogen (secondary N) is 2. The lowest BCUT2D eigenvalue weighted by molar-refractivity contribution is -0.114. The summed E-state index contributed by atoms with van der Waals surface area (Å²) in [5.74, 6) is -0.722. The minimum atomic E-state index is -0.464. The summed E-state index contributed by atoms with van der Waals surface area (Å²) in [5.41, 5.74) is 3.46. The van der Waals surface area contributed by atoms with Crippen LogP contribution in [0.1, 0.15) is 34.3 Å². The number of rotatable bonds is 7. The molecule has 30 heavy (non-hydrogen) atoms. The number of hydrogen-bond donors (Lipinski definition) is 2. The molecule has 1 amide bonds. The van der Waals surface area contributed by atoms with E-state index in [2.05, 4.69) is 16.7 Å². The summed E-state index contributed by atoms with van der Waals surface area (Å²) in [6.45, 7) is 1.54. The standard InChI is InChI=1S/C24H20ClN3O2/c1-16(29)17-7-9-19(10-8-17)28-24(30)15-27-20-11-12-21(23(25)13-20)22(14-26)18-5-3-2-4-6-18/h2-13,22,27H,15H2,1H3,(H,28,30). The number of Topliss-reactive ketones (excluding diaryl/α,β-unsaturated/α-hetero) is 1. The summed E-state index contributed by atoms with van der Waals surface area (Å²) < 4.78 is 0. The van der Waals surface area contributed by atoms with Crippen LogP contribution in [-0.4, -0.2) is 18.2 Å². The van der Waals surface area contributed by atoms with E-state index in [1.165, 1.54) is 6.92 Å². The van der Waals surface area contributed by atoms with Gasteiger partial charge in [0.1, 0.15) is 0 Å². The van der Waals surface area contributed by atoms with E-state index in [0.29, 0.717) is 27.5 Å². The molecule has 0 aliphatic heterocycles. The van der Waals surface area contributed by atoms with Gasteiger partial charge in [0.15, 0.2) is 5.78 Å². The van der Waals surface area contributed by atoms with Gasteiger partial charge in [0, 0.05) is 22.0 Å². The molecule has 2 N–H and O–H groups in total. The van der Waals surface area contributed by atoms with Crippen LogP contribution in [0.2, 0.25) is 5.02 Å². The molecule has 0 aliphatic carbocycles. The number of ketones is 1. The molecule has 3 rings (SSSR count). The van der Waals surface area contributed by atoms with Crippen LogP contribution < -0.4 is 10.6 Å². The van der Waals surface area contributed by atoms with Crippen molar-refractivity contribution in [3.05, 3.63) is 94.5 Å². The van der Waals surface area contributed by atoms with E-state index < -0.39 is 5.92 Å². The van der Waals surface area contributed by atoms with Crippen molar-refractivity contribution in [1.82, 2.24) is 0 Å². The van der Waals surface area contributed by atoms with Crippen LogP contribution in [0.25, 0.3) is 0 Å². The third-order valence-electron chi connectivity index (χ3n) is 4.60. The topological polar surface area (TPSA) is 82.0 Å². The molecule has 0 heterocycles. The van der Waals surface area contributed by atoms with Crippen LogP contribution in [0, 0.1) is 11.3 Å². The van der Waals surface area contributed by atoms with Gasteiger partial charge in [0.05, 0.1) is 18.5 Å². The maximum Gasteiger partial charge on any atom is 0.243 e. The Balaban J connectivity index is 1.62. The van der Waals surface area contributed by atoms with E-state index >= 15 is 0 Å². The van der Waals surface area contributed by atoms with E-state index in [4.69, 9.17) is 11.6 Å². The lowest BCUT2D eigenvalue weighted by Crippen LogP contribution is -2.21. The predicted octanol–water partition coefficient (Wildman–Crippen LogP) is 5.25. The van der Waals surface area contributed by atoms with Crippen molar-refractivity contribution >= 4 is 34.7 Å². The molecule has 0 spiro atoms. The summed E-state index contributed by atoms with van der Waals surface area (Å²) >= 11 is 6.42. The van der Waals surface area contributed by atoms with Gasteiger partial charge in [-0.15, -0.1) is 0 Å². The number of anilines is 2. The molecule has 0 saturated carbocycles. The Hall–Kier alpha value is -3.62. The fourth-order valence-electron chi connectivity index (χ4n) is 3.02. The van der Waals surface area contributed by atoms with Crippen molar-refractivity contribution < 1.29 is 9.59 Å². The number of benzene rings is 3. The first kappa shape index (κ1) is 21.1. The molecule has 3 aromatic rings. The number of carbonyl (C=O) groups excluding carboxylic acids is 2. The number of carbonyl (C=O) groups is 2. The third-order valence-corrected chi connectivity index (χ3v) is 4.93. The van der Waals surface area contributed by atoms with Crippen molar-refractivity contribution in [1.29, 1.82) is 5.26 Å². The summed E-state index contributed by atoms with van der Waals surface area (Å²) in [4.78, 5) is 23.5. The van der Waals surface area contributed by atoms with Crippen LogP contribution in [0.15, 0.2) is 72.8 Å². The average Bonchev–Trinajstić information content (AvgIpc) is 2.75. The van der Waals surface area contributed by atoms with E-state index in [0.717, 1.165) is 5.56 Å². The van der Waals surface area contributed by atoms with E-state index in [9.17, 15) is 14.9 Å². The molecular formula is C24H20ClN3O2. The van der Waals surface area contributed by atoms with Gasteiger partial charge in [-0.25, -0.2) is 0 Å². The minimum absolute atomic E-state index is 0.0271. The Labute approximate surface area is 180 Å². The van der Waals surface area contributed by atoms with Crippen LogP contribution in [0.5, 0.6) is 0 Å². The Kier molecular flexibility index (Phi) is 6.84. The second-order valence-corrected chi connectivity index (χ2v) is 7.15. The number of halogens is 1. The zero-order chi connectivity index (χ0) is 21.5. The Morgan fingerprint density at radius 3 is 2.27 bits per heavy atom. The van der Waals surface area contributed by atoms with E-state index in [1.54, 1.807) is 42.5 Å². The monoisotopic (exact) mass is 417 g/mol. The second kappa shape index (κ2) is 9.73. The number of nitriles is 1. The molecule has 0 radical (unpaired) electrons. The fourth-order valence-corrected chi connectivity index (χ4v) is 3.31. The van der Waals surface area contributed by atoms with Gasteiger partial charge in [-0.2, -0.15) is 5.26 Å². The first-order chi connectivity index (χ1) is 14.5. The fraction of sp³-hybridized carbons (Fsp3) is 0.125. The number of amides is 1. The quantitative estimate of drug-likeness (QED) is 0.514. The maximum absolute atomic E-state index is 12.2. The highest BCUT2D eigenvalue weighted by molar-refractivity contribution is 6.31. The molecule has 1 unspecified atom stereocenters. The molecule has 5 nitrogen and oxygen atoms in total. The molecule has 6 heteroatoms. The lowest BCUT2D eigenvalue weighted by Gasteiger charge is -2.14. The van der Waals surface area contributed by atoms with Crippen molar-refractivity contribution in [2.45, 2.75) is 12.8 Å². The highest BCUT2D eigenvalue weighted by atomic mass is 35.5. The molecule has 1 atom stereocenters. The van der Waals surface area contributed by atoms with Gasteiger partial charge >= 0.3 is 0 Å². The Morgan fingerprint density at radius 2 is 1.67 bits per heavy atom. The smallest absolute Gasteiger partial charge is 0.243 e. The largest absolute Gasteiger partial charge is 0.376 e. The number of hydrogen-bond acceptors (Lipinski definition) is 4. The lowest BCUT2D eigenvalue weighted by atomic mass is 9.92. The zero-order valence-corrected chi connectivity index (χ0v) is 17.1. The summed E-state index contributed by atoms with van der Waals surface area (Å²) in [6, 6.07) is 23.8. The van der Waals surface area contributed by atoms with Crippen LogP contribution in [0.3, 0.4) is 0 Å². The van der Waals surface area contributed by atoms with E-state index in [-0.39, 0.29) is 18.2 Å². The zero-order valence-electron chi connectivity index (χ0n) is 16.4. The van der Waals surface area contributed by atoms with Crippen LogP contribution in [0.4, 0.5) is 11.4 Å². The summed E-state index contributed by atoms with van der Waals surface area (Å²) in [5, 5.41) is 15.8. The van der Waals surface area contributed by atoms with Crippen LogP contribution >= 0.6 is 11.6 Å². The molecule has 0 saturated heterocycles. The highest BCUT2D eigenvalue weighted by Crippen LogP contribution is 2.31. The predicted molar refractivity (Wildman–Crippen MR) is 119 cm³/mol. The van der Waals surface area contributed by atoms with Crippen molar-refractivity contribution in [2.24, 2.45) is 0 Å².